The van der Waals surface area contributed by atoms with Crippen LogP contribution in [0.15, 0.2) is 28.1 Å². The van der Waals surface area contributed by atoms with Crippen molar-refractivity contribution >= 4 is 10.0 Å². The van der Waals surface area contributed by atoms with Gasteiger partial charge in [0.2, 0.25) is 10.0 Å². The van der Waals surface area contributed by atoms with Gasteiger partial charge in [-0.2, -0.15) is 5.10 Å². The summed E-state index contributed by atoms with van der Waals surface area (Å²) in [4.78, 5) is 0.204. The lowest BCUT2D eigenvalue weighted by Gasteiger charge is -2.05. The third-order valence-corrected chi connectivity index (χ3v) is 4.23. The Morgan fingerprint density at radius 3 is 2.78 bits per heavy atom. The molecule has 0 aliphatic carbocycles. The average Bonchev–Trinajstić information content (AvgIpc) is 2.91. The summed E-state index contributed by atoms with van der Waals surface area (Å²) in [6.07, 6.45) is 4.92. The Hall–Kier alpha value is -1.67. The van der Waals surface area contributed by atoms with E-state index >= 15 is 0 Å². The molecule has 0 amide bonds. The Bertz CT molecular complexity index is 616. The van der Waals surface area contributed by atoms with Crippen LogP contribution in [0.25, 0.3) is 0 Å². The SMILES string of the molecule is Cc1c(S(=O)(=O)NCCc2cnoc2)cnn1C. The zero-order valence-electron chi connectivity index (χ0n) is 10.1. The van der Waals surface area contributed by atoms with Gasteiger partial charge in [-0.25, -0.2) is 13.1 Å². The summed E-state index contributed by atoms with van der Waals surface area (Å²) in [5.74, 6) is 0. The summed E-state index contributed by atoms with van der Waals surface area (Å²) in [7, 11) is -1.81. The molecule has 2 aromatic heterocycles. The highest BCUT2D eigenvalue weighted by Gasteiger charge is 2.19. The molecule has 0 aliphatic heterocycles. The fourth-order valence-electron chi connectivity index (χ4n) is 1.50. The third-order valence-electron chi connectivity index (χ3n) is 2.67. The Labute approximate surface area is 105 Å². The van der Waals surface area contributed by atoms with Crippen LogP contribution in [0.1, 0.15) is 11.3 Å². The minimum Gasteiger partial charge on any atom is -0.364 e. The van der Waals surface area contributed by atoms with Crippen molar-refractivity contribution in [2.45, 2.75) is 18.2 Å². The van der Waals surface area contributed by atoms with Crippen LogP contribution in [0.4, 0.5) is 0 Å². The second kappa shape index (κ2) is 4.91. The molecule has 0 saturated carbocycles. The van der Waals surface area contributed by atoms with Crippen molar-refractivity contribution in [3.63, 3.8) is 0 Å². The smallest absolute Gasteiger partial charge is 0.243 e. The highest BCUT2D eigenvalue weighted by Crippen LogP contribution is 2.12. The van der Waals surface area contributed by atoms with E-state index < -0.39 is 10.0 Å². The topological polar surface area (TPSA) is 90.0 Å². The van der Waals surface area contributed by atoms with Gasteiger partial charge in [0.15, 0.2) is 0 Å². The summed E-state index contributed by atoms with van der Waals surface area (Å²) in [6, 6.07) is 0. The third kappa shape index (κ3) is 2.59. The van der Waals surface area contributed by atoms with Crippen molar-refractivity contribution in [2.75, 3.05) is 6.54 Å². The molecule has 7 nitrogen and oxygen atoms in total. The monoisotopic (exact) mass is 270 g/mol. The molecule has 0 atom stereocenters. The van der Waals surface area contributed by atoms with Crippen LogP contribution in [0.2, 0.25) is 0 Å². The predicted octanol–water partition coefficient (Wildman–Crippen LogP) is 0.238. The van der Waals surface area contributed by atoms with Crippen molar-refractivity contribution in [3.8, 4) is 0 Å². The average molecular weight is 270 g/mol. The molecule has 0 radical (unpaired) electrons. The minimum atomic E-state index is -3.51. The van der Waals surface area contributed by atoms with Crippen molar-refractivity contribution in [2.24, 2.45) is 7.05 Å². The number of hydrogen-bond donors (Lipinski definition) is 1. The molecule has 0 aliphatic rings. The maximum atomic E-state index is 12.0. The first kappa shape index (κ1) is 12.8. The molecule has 0 fully saturated rings. The fourth-order valence-corrected chi connectivity index (χ4v) is 2.73. The number of sulfonamides is 1. The minimum absolute atomic E-state index is 0.204. The van der Waals surface area contributed by atoms with Crippen LogP contribution in [-0.2, 0) is 23.5 Å². The van der Waals surface area contributed by atoms with E-state index in [1.807, 2.05) is 0 Å². The van der Waals surface area contributed by atoms with Gasteiger partial charge < -0.3 is 4.52 Å². The highest BCUT2D eigenvalue weighted by molar-refractivity contribution is 7.89. The van der Waals surface area contributed by atoms with E-state index in [2.05, 4.69) is 19.5 Å². The number of nitrogens with zero attached hydrogens (tertiary/aromatic N) is 3. The van der Waals surface area contributed by atoms with Crippen molar-refractivity contribution in [1.82, 2.24) is 19.7 Å². The maximum absolute atomic E-state index is 12.0. The molecular formula is C10H14N4O3S. The quantitative estimate of drug-likeness (QED) is 0.840. The van der Waals surface area contributed by atoms with Gasteiger partial charge in [-0.3, -0.25) is 4.68 Å². The summed E-state index contributed by atoms with van der Waals surface area (Å²) in [5, 5.41) is 7.46. The molecular weight excluding hydrogens is 256 g/mol. The summed E-state index contributed by atoms with van der Waals surface area (Å²) < 4.78 is 32.7. The first-order chi connectivity index (χ1) is 8.50. The van der Waals surface area contributed by atoms with E-state index in [1.54, 1.807) is 20.2 Å². The Morgan fingerprint density at radius 1 is 1.44 bits per heavy atom. The van der Waals surface area contributed by atoms with Crippen molar-refractivity contribution < 1.29 is 12.9 Å². The van der Waals surface area contributed by atoms with Gasteiger partial charge in [-0.15, -0.1) is 0 Å². The zero-order chi connectivity index (χ0) is 13.2. The Morgan fingerprint density at radius 2 is 2.22 bits per heavy atom. The molecule has 18 heavy (non-hydrogen) atoms. The van der Waals surface area contributed by atoms with Crippen LogP contribution in [0.5, 0.6) is 0 Å². The molecule has 2 heterocycles. The van der Waals surface area contributed by atoms with Gasteiger partial charge >= 0.3 is 0 Å². The molecule has 98 valence electrons. The summed E-state index contributed by atoms with van der Waals surface area (Å²) in [6.45, 7) is 2.00. The molecule has 0 aromatic carbocycles. The molecule has 0 spiro atoms. The van der Waals surface area contributed by atoms with Crippen molar-refractivity contribution in [3.05, 3.63) is 29.9 Å². The predicted molar refractivity (Wildman–Crippen MR) is 63.3 cm³/mol. The van der Waals surface area contributed by atoms with Gasteiger partial charge in [0.1, 0.15) is 11.2 Å². The largest absolute Gasteiger partial charge is 0.364 e. The second-order valence-corrected chi connectivity index (χ2v) is 5.63. The molecule has 0 unspecified atom stereocenters. The molecule has 8 heteroatoms. The van der Waals surface area contributed by atoms with Gasteiger partial charge in [0, 0.05) is 19.2 Å². The number of hydrogen-bond acceptors (Lipinski definition) is 5. The van der Waals surface area contributed by atoms with E-state index in [0.29, 0.717) is 12.1 Å². The summed E-state index contributed by atoms with van der Waals surface area (Å²) in [5.41, 5.74) is 1.45. The normalized spacial score (nSPS) is 11.9. The first-order valence-corrected chi connectivity index (χ1v) is 6.85. The van der Waals surface area contributed by atoms with Gasteiger partial charge in [-0.1, -0.05) is 5.16 Å². The van der Waals surface area contributed by atoms with E-state index in [0.717, 1.165) is 5.56 Å². The molecule has 1 N–H and O–H groups in total. The molecule has 2 rings (SSSR count). The van der Waals surface area contributed by atoms with Crippen LogP contribution < -0.4 is 4.72 Å². The second-order valence-electron chi connectivity index (χ2n) is 3.90. The molecule has 0 bridgehead atoms. The van der Waals surface area contributed by atoms with E-state index in [1.165, 1.54) is 17.1 Å². The zero-order valence-corrected chi connectivity index (χ0v) is 10.9. The number of rotatable bonds is 5. The van der Waals surface area contributed by atoms with Crippen LogP contribution in [-0.4, -0.2) is 29.9 Å². The lowest BCUT2D eigenvalue weighted by molar-refractivity contribution is 0.419. The fraction of sp³-hybridized carbons (Fsp3) is 0.400. The Balaban J connectivity index is 2.02. The lowest BCUT2D eigenvalue weighted by Crippen LogP contribution is -2.26. The number of aryl methyl sites for hydroxylation is 1. The van der Waals surface area contributed by atoms with E-state index in [9.17, 15) is 8.42 Å². The standard InChI is InChI=1S/C10H14N4O3S/c1-8-10(6-11-14(8)2)18(15,16)13-4-3-9-5-12-17-7-9/h5-7,13H,3-4H2,1-2H3. The van der Waals surface area contributed by atoms with Crippen molar-refractivity contribution in [1.29, 1.82) is 0 Å². The van der Waals surface area contributed by atoms with Crippen LogP contribution >= 0.6 is 0 Å². The first-order valence-electron chi connectivity index (χ1n) is 5.37. The van der Waals surface area contributed by atoms with Crippen LogP contribution in [0.3, 0.4) is 0 Å². The van der Waals surface area contributed by atoms with Gasteiger partial charge in [0.25, 0.3) is 0 Å². The van der Waals surface area contributed by atoms with E-state index in [4.69, 9.17) is 0 Å². The number of nitrogens with one attached hydrogen (secondary N) is 1. The lowest BCUT2D eigenvalue weighted by atomic mass is 10.3. The molecule has 2 aromatic rings. The number of aromatic nitrogens is 3. The summed E-state index contributed by atoms with van der Waals surface area (Å²) >= 11 is 0. The maximum Gasteiger partial charge on any atom is 0.243 e. The van der Waals surface area contributed by atoms with Gasteiger partial charge in [0.05, 0.1) is 18.1 Å². The molecule has 0 saturated heterocycles. The van der Waals surface area contributed by atoms with Gasteiger partial charge in [-0.05, 0) is 13.3 Å². The Kier molecular flexibility index (Phi) is 3.48. The van der Waals surface area contributed by atoms with Crippen LogP contribution in [0, 0.1) is 6.92 Å². The van der Waals surface area contributed by atoms with E-state index in [-0.39, 0.29) is 11.4 Å². The highest BCUT2D eigenvalue weighted by atomic mass is 32.2.